The minimum atomic E-state index is -0.927. The molecule has 7 nitrogen and oxygen atoms in total. The summed E-state index contributed by atoms with van der Waals surface area (Å²) in [5.41, 5.74) is 1.48. The molecule has 0 saturated heterocycles. The number of aliphatic carboxylic acids is 1. The number of amides is 1. The topological polar surface area (TPSA) is 102 Å². The summed E-state index contributed by atoms with van der Waals surface area (Å²) in [6.07, 6.45) is -1.35. The lowest BCUT2D eigenvalue weighted by Gasteiger charge is -2.15. The summed E-state index contributed by atoms with van der Waals surface area (Å²) in [6, 6.07) is 13.1. The Morgan fingerprint density at radius 3 is 2.53 bits per heavy atom. The Morgan fingerprint density at radius 2 is 1.88 bits per heavy atom. The molecule has 0 radical (unpaired) electrons. The lowest BCUT2D eigenvalue weighted by Crippen LogP contribution is -2.22. The van der Waals surface area contributed by atoms with Crippen LogP contribution in [0.1, 0.15) is 50.1 Å². The van der Waals surface area contributed by atoms with Crippen molar-refractivity contribution in [2.24, 2.45) is 5.41 Å². The number of carboxylic acids is 1. The van der Waals surface area contributed by atoms with Gasteiger partial charge in [-0.1, -0.05) is 35.2 Å². The van der Waals surface area contributed by atoms with E-state index in [9.17, 15) is 14.0 Å². The van der Waals surface area contributed by atoms with E-state index in [4.69, 9.17) is 14.4 Å². The molecule has 1 heterocycles. The van der Waals surface area contributed by atoms with E-state index in [-0.39, 0.29) is 12.0 Å². The van der Waals surface area contributed by atoms with Crippen molar-refractivity contribution < 1.29 is 28.3 Å². The number of carbonyl (C=O) groups excluding carboxylic acids is 1. The van der Waals surface area contributed by atoms with E-state index < -0.39 is 29.4 Å². The summed E-state index contributed by atoms with van der Waals surface area (Å²) >= 11 is 0. The second kappa shape index (κ2) is 10.2. The van der Waals surface area contributed by atoms with Crippen LogP contribution in [0, 0.1) is 30.0 Å². The minimum absolute atomic E-state index is 0.215. The highest BCUT2D eigenvalue weighted by molar-refractivity contribution is 5.90. The van der Waals surface area contributed by atoms with Gasteiger partial charge in [0.2, 0.25) is 0 Å². The van der Waals surface area contributed by atoms with Gasteiger partial charge in [-0.15, -0.1) is 0 Å². The van der Waals surface area contributed by atoms with Gasteiger partial charge < -0.3 is 14.4 Å². The number of rotatable bonds is 6. The van der Waals surface area contributed by atoms with Gasteiger partial charge in [0.1, 0.15) is 23.3 Å². The first-order valence-corrected chi connectivity index (χ1v) is 10.6. The van der Waals surface area contributed by atoms with Crippen LogP contribution in [0.3, 0.4) is 0 Å². The fourth-order valence-electron chi connectivity index (χ4n) is 3.02. The number of nitrogens with zero attached hydrogens (tertiary/aromatic N) is 1. The first-order chi connectivity index (χ1) is 16.1. The standard InChI is InChI=1S/C26H25FN2O5/c1-16-22(28-25(32)33-17(2)20-9-5-6-10-21(20)27)23(34-29-16)19-13-11-18(12-14-19)8-7-15-26(3,4)24(30)31/h5-6,9-14,17H,15H2,1-4H3,(H,28,32)(H,30,31). The average Bonchev–Trinajstić information content (AvgIpc) is 3.14. The van der Waals surface area contributed by atoms with Crippen LogP contribution >= 0.6 is 0 Å². The largest absolute Gasteiger partial charge is 0.481 e. The second-order valence-corrected chi connectivity index (χ2v) is 8.41. The molecule has 0 spiro atoms. The number of carboxylic acid groups (broad SMARTS) is 1. The van der Waals surface area contributed by atoms with Crippen molar-refractivity contribution in [3.8, 4) is 23.2 Å². The van der Waals surface area contributed by atoms with Crippen molar-refractivity contribution in [3.63, 3.8) is 0 Å². The normalized spacial score (nSPS) is 11.8. The number of hydrogen-bond acceptors (Lipinski definition) is 5. The lowest BCUT2D eigenvalue weighted by atomic mass is 9.90. The number of nitrogens with one attached hydrogen (secondary N) is 1. The number of benzene rings is 2. The van der Waals surface area contributed by atoms with Crippen molar-refractivity contribution in [2.45, 2.75) is 40.2 Å². The van der Waals surface area contributed by atoms with E-state index >= 15 is 0 Å². The molecule has 34 heavy (non-hydrogen) atoms. The Morgan fingerprint density at radius 1 is 1.21 bits per heavy atom. The SMILES string of the molecule is Cc1noc(-c2ccc(C#CCC(C)(C)C(=O)O)cc2)c1NC(=O)OC(C)c1ccccc1F. The number of aromatic nitrogens is 1. The maximum Gasteiger partial charge on any atom is 0.412 e. The highest BCUT2D eigenvalue weighted by atomic mass is 19.1. The molecular weight excluding hydrogens is 439 g/mol. The Bertz CT molecular complexity index is 1250. The third-order valence-corrected chi connectivity index (χ3v) is 5.21. The van der Waals surface area contributed by atoms with Gasteiger partial charge in [0, 0.05) is 23.1 Å². The molecule has 3 aromatic rings. The van der Waals surface area contributed by atoms with Gasteiger partial charge in [0.25, 0.3) is 0 Å². The molecule has 0 saturated carbocycles. The number of hydrogen-bond donors (Lipinski definition) is 2. The number of anilines is 1. The van der Waals surface area contributed by atoms with Gasteiger partial charge in [-0.2, -0.15) is 0 Å². The van der Waals surface area contributed by atoms with Gasteiger partial charge in [-0.05, 0) is 58.0 Å². The van der Waals surface area contributed by atoms with Crippen LogP contribution in [0.25, 0.3) is 11.3 Å². The first kappa shape index (κ1) is 24.5. The van der Waals surface area contributed by atoms with Gasteiger partial charge in [-0.25, -0.2) is 9.18 Å². The maximum absolute atomic E-state index is 13.9. The van der Waals surface area contributed by atoms with Gasteiger partial charge in [0.05, 0.1) is 5.41 Å². The van der Waals surface area contributed by atoms with Crippen LogP contribution in [0.2, 0.25) is 0 Å². The third-order valence-electron chi connectivity index (χ3n) is 5.21. The van der Waals surface area contributed by atoms with Crippen LogP contribution in [-0.2, 0) is 9.53 Å². The maximum atomic E-state index is 13.9. The van der Waals surface area contributed by atoms with E-state index in [2.05, 4.69) is 22.3 Å². The molecule has 0 aliphatic heterocycles. The van der Waals surface area contributed by atoms with Crippen molar-refractivity contribution in [1.29, 1.82) is 0 Å². The fourth-order valence-corrected chi connectivity index (χ4v) is 3.02. The summed E-state index contributed by atoms with van der Waals surface area (Å²) in [5, 5.41) is 15.7. The number of aryl methyl sites for hydroxylation is 1. The predicted molar refractivity (Wildman–Crippen MR) is 125 cm³/mol. The second-order valence-electron chi connectivity index (χ2n) is 8.41. The molecule has 0 aliphatic rings. The summed E-state index contributed by atoms with van der Waals surface area (Å²) in [4.78, 5) is 23.6. The fraction of sp³-hybridized carbons (Fsp3) is 0.269. The zero-order chi connectivity index (χ0) is 24.9. The highest BCUT2D eigenvalue weighted by Gasteiger charge is 2.25. The molecule has 0 aliphatic carbocycles. The molecule has 0 fully saturated rings. The van der Waals surface area contributed by atoms with Crippen LogP contribution in [0.4, 0.5) is 14.9 Å². The van der Waals surface area contributed by atoms with E-state index in [1.165, 1.54) is 6.07 Å². The lowest BCUT2D eigenvalue weighted by molar-refractivity contribution is -0.146. The van der Waals surface area contributed by atoms with Crippen LogP contribution in [0.15, 0.2) is 53.1 Å². The van der Waals surface area contributed by atoms with E-state index in [1.54, 1.807) is 70.2 Å². The van der Waals surface area contributed by atoms with E-state index in [0.29, 0.717) is 28.3 Å². The minimum Gasteiger partial charge on any atom is -0.481 e. The predicted octanol–water partition coefficient (Wildman–Crippen LogP) is 5.95. The number of carbonyl (C=O) groups is 2. The van der Waals surface area contributed by atoms with Crippen LogP contribution in [0.5, 0.6) is 0 Å². The van der Waals surface area contributed by atoms with Crippen LogP contribution < -0.4 is 5.32 Å². The van der Waals surface area contributed by atoms with Gasteiger partial charge in [-0.3, -0.25) is 10.1 Å². The molecule has 1 amide bonds. The summed E-state index contributed by atoms with van der Waals surface area (Å²) in [6.45, 7) is 6.50. The van der Waals surface area contributed by atoms with Gasteiger partial charge in [0.15, 0.2) is 5.76 Å². The molecule has 8 heteroatoms. The first-order valence-electron chi connectivity index (χ1n) is 10.6. The Balaban J connectivity index is 1.71. The van der Waals surface area contributed by atoms with E-state index in [0.717, 1.165) is 0 Å². The van der Waals surface area contributed by atoms with Crippen molar-refractivity contribution in [1.82, 2.24) is 5.16 Å². The van der Waals surface area contributed by atoms with Crippen molar-refractivity contribution in [3.05, 3.63) is 71.2 Å². The van der Waals surface area contributed by atoms with Crippen molar-refractivity contribution >= 4 is 17.7 Å². The highest BCUT2D eigenvalue weighted by Crippen LogP contribution is 2.32. The zero-order valence-electron chi connectivity index (χ0n) is 19.3. The number of ether oxygens (including phenoxy) is 1. The van der Waals surface area contributed by atoms with Crippen LogP contribution in [-0.4, -0.2) is 22.3 Å². The van der Waals surface area contributed by atoms with E-state index in [1.807, 2.05) is 0 Å². The third kappa shape index (κ3) is 5.81. The van der Waals surface area contributed by atoms with Crippen molar-refractivity contribution in [2.75, 3.05) is 5.32 Å². The zero-order valence-corrected chi connectivity index (χ0v) is 19.3. The smallest absolute Gasteiger partial charge is 0.412 e. The molecule has 1 atom stereocenters. The molecule has 0 bridgehead atoms. The molecular formula is C26H25FN2O5. The quantitative estimate of drug-likeness (QED) is 0.437. The molecule has 1 unspecified atom stereocenters. The number of halogens is 1. The molecule has 2 aromatic carbocycles. The Hall–Kier alpha value is -4.12. The molecule has 1 aromatic heterocycles. The molecule has 176 valence electrons. The summed E-state index contributed by atoms with van der Waals surface area (Å²) < 4.78 is 24.7. The molecule has 3 rings (SSSR count). The monoisotopic (exact) mass is 464 g/mol. The Kier molecular flexibility index (Phi) is 7.37. The molecule has 2 N–H and O–H groups in total. The van der Waals surface area contributed by atoms with Gasteiger partial charge >= 0.3 is 12.1 Å². The Labute approximate surface area is 196 Å². The summed E-state index contributed by atoms with van der Waals surface area (Å²) in [5.74, 6) is 4.81. The summed E-state index contributed by atoms with van der Waals surface area (Å²) in [7, 11) is 0. The average molecular weight is 464 g/mol.